The lowest BCUT2D eigenvalue weighted by molar-refractivity contribution is -0.385. The number of amides is 1. The Labute approximate surface area is 152 Å². The maximum atomic E-state index is 12.3. The lowest BCUT2D eigenvalue weighted by Crippen LogP contribution is -2.16. The Bertz CT molecular complexity index is 995. The van der Waals surface area contributed by atoms with E-state index < -0.39 is 10.8 Å². The number of rotatable bonds is 5. The first-order chi connectivity index (χ1) is 12.4. The summed E-state index contributed by atoms with van der Waals surface area (Å²) in [4.78, 5) is 26.8. The molecule has 0 atom stereocenters. The molecule has 1 amide bonds. The van der Waals surface area contributed by atoms with Crippen LogP contribution < -0.4 is 5.32 Å². The Morgan fingerprint density at radius 1 is 1.35 bits per heavy atom. The van der Waals surface area contributed by atoms with Crippen LogP contribution in [-0.2, 0) is 13.6 Å². The number of aryl methyl sites for hydroxylation is 1. The predicted octanol–water partition coefficient (Wildman–Crippen LogP) is 2.18. The molecule has 2 heterocycles. The van der Waals surface area contributed by atoms with E-state index in [0.717, 1.165) is 5.56 Å². The molecule has 0 aliphatic carbocycles. The van der Waals surface area contributed by atoms with Crippen LogP contribution in [0.5, 0.6) is 0 Å². The van der Waals surface area contributed by atoms with E-state index in [-0.39, 0.29) is 23.0 Å². The van der Waals surface area contributed by atoms with E-state index >= 15 is 0 Å². The molecule has 1 N–H and O–H groups in total. The van der Waals surface area contributed by atoms with E-state index in [2.05, 4.69) is 20.5 Å². The average molecular weight is 376 g/mol. The summed E-state index contributed by atoms with van der Waals surface area (Å²) in [7, 11) is 1.52. The van der Waals surface area contributed by atoms with Gasteiger partial charge in [0.1, 0.15) is 12.0 Å². The van der Waals surface area contributed by atoms with Crippen molar-refractivity contribution in [1.82, 2.24) is 24.5 Å². The fourth-order valence-corrected chi connectivity index (χ4v) is 2.55. The largest absolute Gasteiger partial charge is 0.322 e. The summed E-state index contributed by atoms with van der Waals surface area (Å²) in [5.74, 6) is -0.740. The van der Waals surface area contributed by atoms with Crippen LogP contribution in [0.3, 0.4) is 0 Å². The Balaban J connectivity index is 1.78. The molecular weight excluding hydrogens is 362 g/mol. The van der Waals surface area contributed by atoms with Gasteiger partial charge in [-0.15, -0.1) is 5.10 Å². The average Bonchev–Trinajstić information content (AvgIpc) is 3.14. The van der Waals surface area contributed by atoms with Gasteiger partial charge in [-0.1, -0.05) is 29.8 Å². The number of hydrogen-bond donors (Lipinski definition) is 1. The van der Waals surface area contributed by atoms with Crippen LogP contribution >= 0.6 is 11.6 Å². The smallest absolute Gasteiger partial charge is 0.287 e. The van der Waals surface area contributed by atoms with Crippen LogP contribution in [0.25, 0.3) is 0 Å². The molecule has 0 fully saturated rings. The van der Waals surface area contributed by atoms with Gasteiger partial charge >= 0.3 is 5.69 Å². The van der Waals surface area contributed by atoms with E-state index in [9.17, 15) is 14.9 Å². The molecule has 26 heavy (non-hydrogen) atoms. The minimum atomic E-state index is -0.754. The van der Waals surface area contributed by atoms with Crippen LogP contribution in [0, 0.1) is 17.0 Å². The fourth-order valence-electron chi connectivity index (χ4n) is 2.36. The van der Waals surface area contributed by atoms with Crippen molar-refractivity contribution >= 4 is 29.1 Å². The van der Waals surface area contributed by atoms with Crippen LogP contribution in [0.15, 0.2) is 30.6 Å². The first-order valence-electron chi connectivity index (χ1n) is 7.49. The van der Waals surface area contributed by atoms with E-state index in [1.54, 1.807) is 6.07 Å². The minimum Gasteiger partial charge on any atom is -0.287 e. The van der Waals surface area contributed by atoms with Gasteiger partial charge in [0.25, 0.3) is 5.91 Å². The second-order valence-corrected chi connectivity index (χ2v) is 5.88. The van der Waals surface area contributed by atoms with E-state index in [4.69, 9.17) is 11.6 Å². The summed E-state index contributed by atoms with van der Waals surface area (Å²) in [6, 6.07) is 7.28. The van der Waals surface area contributed by atoms with Crippen LogP contribution in [0.1, 0.15) is 21.7 Å². The number of carbonyl (C=O) groups is 1. The van der Waals surface area contributed by atoms with Gasteiger partial charge in [-0.05, 0) is 18.6 Å². The van der Waals surface area contributed by atoms with Crippen molar-refractivity contribution in [3.63, 3.8) is 0 Å². The summed E-state index contributed by atoms with van der Waals surface area (Å²) >= 11 is 6.10. The Kier molecular flexibility index (Phi) is 4.67. The number of halogens is 1. The molecule has 10 nitrogen and oxygen atoms in total. The molecule has 0 bridgehead atoms. The monoisotopic (exact) mass is 375 g/mol. The van der Waals surface area contributed by atoms with Crippen molar-refractivity contribution in [3.05, 3.63) is 62.7 Å². The van der Waals surface area contributed by atoms with Crippen molar-refractivity contribution in [2.24, 2.45) is 7.05 Å². The van der Waals surface area contributed by atoms with Crippen molar-refractivity contribution in [1.29, 1.82) is 0 Å². The maximum Gasteiger partial charge on any atom is 0.322 e. The van der Waals surface area contributed by atoms with Gasteiger partial charge in [-0.25, -0.2) is 9.67 Å². The molecule has 3 rings (SSSR count). The highest BCUT2D eigenvalue weighted by molar-refractivity contribution is 6.31. The molecule has 0 unspecified atom stereocenters. The molecule has 2 aromatic heterocycles. The van der Waals surface area contributed by atoms with Gasteiger partial charge in [-0.2, -0.15) is 5.10 Å². The normalized spacial score (nSPS) is 10.7. The quantitative estimate of drug-likeness (QED) is 0.539. The van der Waals surface area contributed by atoms with Crippen molar-refractivity contribution in [3.8, 4) is 0 Å². The van der Waals surface area contributed by atoms with Crippen LogP contribution in [0.4, 0.5) is 11.6 Å². The number of nitro groups is 1. The number of aromatic nitrogens is 5. The van der Waals surface area contributed by atoms with Crippen molar-refractivity contribution in [2.45, 2.75) is 13.5 Å². The molecule has 0 saturated heterocycles. The first kappa shape index (κ1) is 17.5. The molecule has 0 aliphatic rings. The first-order valence-corrected chi connectivity index (χ1v) is 7.86. The second-order valence-electron chi connectivity index (χ2n) is 5.47. The minimum absolute atomic E-state index is 0.0136. The van der Waals surface area contributed by atoms with E-state index in [0.29, 0.717) is 11.6 Å². The molecule has 1 aromatic carbocycles. The summed E-state index contributed by atoms with van der Waals surface area (Å²) in [5.41, 5.74) is 0.475. The zero-order valence-corrected chi connectivity index (χ0v) is 14.6. The highest BCUT2D eigenvalue weighted by Gasteiger charge is 2.29. The number of nitrogens with zero attached hydrogens (tertiary/aromatic N) is 6. The molecular formula is C15H14ClN7O3. The summed E-state index contributed by atoms with van der Waals surface area (Å²) < 4.78 is 2.77. The lowest BCUT2D eigenvalue weighted by atomic mass is 10.2. The summed E-state index contributed by atoms with van der Waals surface area (Å²) in [6.07, 6.45) is 1.43. The third-order valence-corrected chi connectivity index (χ3v) is 4.12. The molecule has 3 aromatic rings. The molecule has 0 radical (unpaired) electrons. The van der Waals surface area contributed by atoms with Crippen LogP contribution in [0.2, 0.25) is 5.02 Å². The van der Waals surface area contributed by atoms with Crippen molar-refractivity contribution < 1.29 is 9.72 Å². The molecule has 0 spiro atoms. The fraction of sp³-hybridized carbons (Fsp3) is 0.200. The maximum absolute atomic E-state index is 12.3. The summed E-state index contributed by atoms with van der Waals surface area (Å²) in [5, 5.41) is 22.2. The molecule has 0 saturated carbocycles. The Hall–Kier alpha value is -3.27. The SMILES string of the molecule is Cc1c([N+](=O)[O-])c(C(=O)Nc2ncn(Cc3ccccc3Cl)n2)nn1C. The number of anilines is 1. The Morgan fingerprint density at radius 3 is 2.77 bits per heavy atom. The summed E-state index contributed by atoms with van der Waals surface area (Å²) in [6.45, 7) is 1.88. The second kappa shape index (κ2) is 6.92. The zero-order valence-electron chi connectivity index (χ0n) is 13.9. The van der Waals surface area contributed by atoms with E-state index in [1.165, 1.54) is 29.7 Å². The molecule has 134 valence electrons. The number of benzene rings is 1. The van der Waals surface area contributed by atoms with Gasteiger partial charge < -0.3 is 0 Å². The highest BCUT2D eigenvalue weighted by Crippen LogP contribution is 2.22. The zero-order chi connectivity index (χ0) is 18.8. The number of carbonyl (C=O) groups excluding carboxylic acids is 1. The topological polar surface area (TPSA) is 121 Å². The third-order valence-electron chi connectivity index (χ3n) is 3.75. The van der Waals surface area contributed by atoms with Gasteiger partial charge in [0, 0.05) is 12.1 Å². The third kappa shape index (κ3) is 3.40. The van der Waals surface area contributed by atoms with Crippen LogP contribution in [-0.4, -0.2) is 35.4 Å². The number of nitrogens with one attached hydrogen (secondary N) is 1. The van der Waals surface area contributed by atoms with Gasteiger partial charge in [0.05, 0.1) is 11.5 Å². The number of hydrogen-bond acceptors (Lipinski definition) is 6. The molecule has 0 aliphatic heterocycles. The lowest BCUT2D eigenvalue weighted by Gasteiger charge is -2.03. The van der Waals surface area contributed by atoms with Gasteiger partial charge in [-0.3, -0.25) is 24.9 Å². The van der Waals surface area contributed by atoms with Gasteiger partial charge in [0.2, 0.25) is 11.6 Å². The highest BCUT2D eigenvalue weighted by atomic mass is 35.5. The molecule has 11 heteroatoms. The standard InChI is InChI=1S/C15H14ClN7O3/c1-9-13(23(25)26)12(19-21(9)2)14(24)18-15-17-8-22(20-15)7-10-5-3-4-6-11(10)16/h3-6,8H,7H2,1-2H3,(H,18,20,24). The van der Waals surface area contributed by atoms with Crippen molar-refractivity contribution in [2.75, 3.05) is 5.32 Å². The Morgan fingerprint density at radius 2 is 2.08 bits per heavy atom. The van der Waals surface area contributed by atoms with E-state index in [1.807, 2.05) is 18.2 Å². The predicted molar refractivity (Wildman–Crippen MR) is 93.1 cm³/mol. The van der Waals surface area contributed by atoms with Gasteiger partial charge in [0.15, 0.2) is 0 Å².